The summed E-state index contributed by atoms with van der Waals surface area (Å²) in [6.07, 6.45) is 3.96. The molecule has 0 bridgehead atoms. The van der Waals surface area contributed by atoms with Gasteiger partial charge in [-0.25, -0.2) is 9.18 Å². The number of anilines is 1. The van der Waals surface area contributed by atoms with E-state index in [2.05, 4.69) is 5.32 Å². The number of alkyl halides is 1. The fourth-order valence-electron chi connectivity index (χ4n) is 6.45. The molecule has 5 rings (SSSR count). The topological polar surface area (TPSA) is 124 Å². The van der Waals surface area contributed by atoms with Crippen LogP contribution in [0.2, 0.25) is 0 Å². The lowest BCUT2D eigenvalue weighted by atomic mass is 9.78. The number of likely N-dealkylation sites (tertiary alicyclic amines) is 1. The Hall–Kier alpha value is -3.76. The van der Waals surface area contributed by atoms with Gasteiger partial charge in [-0.1, -0.05) is 30.3 Å². The number of benzene rings is 2. The van der Waals surface area contributed by atoms with Crippen LogP contribution in [0.25, 0.3) is 11.0 Å². The van der Waals surface area contributed by atoms with Crippen LogP contribution in [-0.4, -0.2) is 68.3 Å². The molecule has 230 valence electrons. The smallest absolute Gasteiger partial charge is 0.374 e. The summed E-state index contributed by atoms with van der Waals surface area (Å²) < 4.78 is 29.0. The molecule has 2 aromatic carbocycles. The first-order chi connectivity index (χ1) is 20.9. The molecule has 0 radical (unpaired) electrons. The summed E-state index contributed by atoms with van der Waals surface area (Å²) >= 11 is 0. The lowest BCUT2D eigenvalue weighted by Gasteiger charge is -2.35. The Balaban J connectivity index is 1.31. The maximum Gasteiger partial charge on any atom is 0.374 e. The standard InChI is InChI=1S/C33H40FN3O6/c1-41-16-5-17-42-33(40)29-19-24-18-25(12-13-28(24)43-29)36-31(38)30-26(21-6-3-2-4-7-21)14-15-37(30)32(39)23-10-8-22(9-11-23)27(35)20-34/h2-4,6-7,12-13,18-19,22-23,26-27,30H,5,8-11,14-17,20,35H2,1H3,(H,36,38)/t22-,23-,26-,27+,30-/m0/s1. The van der Waals surface area contributed by atoms with Gasteiger partial charge >= 0.3 is 5.97 Å². The molecule has 1 saturated carbocycles. The molecule has 0 unspecified atom stereocenters. The molecule has 1 aliphatic carbocycles. The summed E-state index contributed by atoms with van der Waals surface area (Å²) in [5.41, 5.74) is 7.96. The van der Waals surface area contributed by atoms with E-state index in [9.17, 15) is 18.8 Å². The van der Waals surface area contributed by atoms with E-state index in [0.717, 1.165) is 5.56 Å². The van der Waals surface area contributed by atoms with Crippen LogP contribution in [0.1, 0.15) is 60.6 Å². The second-order valence-corrected chi connectivity index (χ2v) is 11.5. The molecule has 2 fully saturated rings. The molecule has 3 N–H and O–H groups in total. The maximum absolute atomic E-state index is 13.9. The van der Waals surface area contributed by atoms with Gasteiger partial charge in [-0.15, -0.1) is 0 Å². The third kappa shape index (κ3) is 7.08. The van der Waals surface area contributed by atoms with Crippen molar-refractivity contribution in [2.75, 3.05) is 38.9 Å². The van der Waals surface area contributed by atoms with E-state index in [-0.39, 0.29) is 41.9 Å². The number of esters is 1. The summed E-state index contributed by atoms with van der Waals surface area (Å²) in [5, 5.41) is 3.66. The number of halogens is 1. The van der Waals surface area contributed by atoms with Gasteiger partial charge in [0.25, 0.3) is 0 Å². The molecule has 1 aliphatic heterocycles. The zero-order valence-electron chi connectivity index (χ0n) is 24.5. The molecule has 3 aromatic rings. The van der Waals surface area contributed by atoms with Gasteiger partial charge in [-0.05, 0) is 67.9 Å². The van der Waals surface area contributed by atoms with Crippen molar-refractivity contribution in [1.82, 2.24) is 4.90 Å². The van der Waals surface area contributed by atoms with E-state index in [1.165, 1.54) is 0 Å². The minimum atomic E-state index is -0.682. The van der Waals surface area contributed by atoms with Crippen molar-refractivity contribution in [2.24, 2.45) is 17.6 Å². The fraction of sp³-hybridized carbons (Fsp3) is 0.485. The van der Waals surface area contributed by atoms with Crippen LogP contribution < -0.4 is 11.1 Å². The van der Waals surface area contributed by atoms with Crippen LogP contribution >= 0.6 is 0 Å². The monoisotopic (exact) mass is 593 g/mol. The summed E-state index contributed by atoms with van der Waals surface area (Å²) in [4.78, 5) is 41.9. The third-order valence-electron chi connectivity index (χ3n) is 8.79. The molecule has 43 heavy (non-hydrogen) atoms. The van der Waals surface area contributed by atoms with Gasteiger partial charge in [0.05, 0.1) is 6.61 Å². The van der Waals surface area contributed by atoms with Crippen molar-refractivity contribution >= 4 is 34.4 Å². The van der Waals surface area contributed by atoms with Gasteiger partial charge < -0.3 is 29.8 Å². The number of hydrogen-bond donors (Lipinski definition) is 2. The van der Waals surface area contributed by atoms with Crippen molar-refractivity contribution in [2.45, 2.75) is 56.5 Å². The minimum absolute atomic E-state index is 0.0233. The van der Waals surface area contributed by atoms with E-state index in [4.69, 9.17) is 19.6 Å². The van der Waals surface area contributed by atoms with Crippen molar-refractivity contribution in [3.05, 3.63) is 65.9 Å². The highest BCUT2D eigenvalue weighted by Gasteiger charge is 2.44. The Kier molecular flexibility index (Phi) is 10.1. The van der Waals surface area contributed by atoms with E-state index in [1.807, 2.05) is 30.3 Å². The lowest BCUT2D eigenvalue weighted by Crippen LogP contribution is -2.48. The van der Waals surface area contributed by atoms with Gasteiger partial charge in [0.15, 0.2) is 0 Å². The average Bonchev–Trinajstić information content (AvgIpc) is 3.68. The first-order valence-electron chi connectivity index (χ1n) is 15.1. The molecule has 1 saturated heterocycles. The van der Waals surface area contributed by atoms with E-state index >= 15 is 0 Å². The Bertz CT molecular complexity index is 1400. The number of nitrogens with one attached hydrogen (secondary N) is 1. The quantitative estimate of drug-likeness (QED) is 0.235. The minimum Gasteiger partial charge on any atom is -0.460 e. The second kappa shape index (κ2) is 14.1. The van der Waals surface area contributed by atoms with Gasteiger partial charge in [0, 0.05) is 55.6 Å². The van der Waals surface area contributed by atoms with Crippen LogP contribution in [0.5, 0.6) is 0 Å². The fourth-order valence-corrected chi connectivity index (χ4v) is 6.45. The van der Waals surface area contributed by atoms with Crippen LogP contribution in [0.3, 0.4) is 0 Å². The third-order valence-corrected chi connectivity index (χ3v) is 8.79. The Morgan fingerprint density at radius 3 is 2.53 bits per heavy atom. The summed E-state index contributed by atoms with van der Waals surface area (Å²) in [7, 11) is 1.58. The van der Waals surface area contributed by atoms with Crippen molar-refractivity contribution in [3.63, 3.8) is 0 Å². The highest BCUT2D eigenvalue weighted by Crippen LogP contribution is 2.38. The molecule has 2 heterocycles. The summed E-state index contributed by atoms with van der Waals surface area (Å²) in [5.74, 6) is -1.06. The number of rotatable bonds is 11. The van der Waals surface area contributed by atoms with E-state index in [1.54, 1.807) is 36.3 Å². The summed E-state index contributed by atoms with van der Waals surface area (Å²) in [6, 6.07) is 15.4. The predicted molar refractivity (Wildman–Crippen MR) is 160 cm³/mol. The molecule has 2 aliphatic rings. The van der Waals surface area contributed by atoms with Crippen LogP contribution in [-0.2, 0) is 19.1 Å². The van der Waals surface area contributed by atoms with Crippen LogP contribution in [0.4, 0.5) is 10.1 Å². The zero-order valence-corrected chi connectivity index (χ0v) is 24.5. The number of hydrogen-bond acceptors (Lipinski definition) is 7. The maximum atomic E-state index is 13.9. The SMILES string of the molecule is COCCCOC(=O)c1cc2cc(NC(=O)[C@@H]3[C@H](c4ccccc4)CCN3C(=O)[C@H]3CC[C@H]([C@H](N)CF)CC3)ccc2o1. The molecule has 3 atom stereocenters. The number of amides is 2. The van der Waals surface area contributed by atoms with E-state index in [0.29, 0.717) is 68.3 Å². The Morgan fingerprint density at radius 1 is 1.05 bits per heavy atom. The van der Waals surface area contributed by atoms with Crippen molar-refractivity contribution in [1.29, 1.82) is 0 Å². The number of ether oxygens (including phenoxy) is 2. The first kappa shape index (κ1) is 30.7. The van der Waals surface area contributed by atoms with Crippen molar-refractivity contribution < 1.29 is 32.7 Å². The molecule has 10 heteroatoms. The summed E-state index contributed by atoms with van der Waals surface area (Å²) in [6.45, 7) is 0.636. The van der Waals surface area contributed by atoms with Gasteiger partial charge in [-0.3, -0.25) is 9.59 Å². The number of nitrogens with two attached hydrogens (primary N) is 1. The second-order valence-electron chi connectivity index (χ2n) is 11.5. The number of furan rings is 1. The Labute approximate surface area is 250 Å². The van der Waals surface area contributed by atoms with Gasteiger partial charge in [0.1, 0.15) is 18.3 Å². The average molecular weight is 594 g/mol. The number of carbonyl (C=O) groups is 3. The van der Waals surface area contributed by atoms with Crippen molar-refractivity contribution in [3.8, 4) is 0 Å². The molecule has 9 nitrogen and oxygen atoms in total. The molecule has 2 amide bonds. The highest BCUT2D eigenvalue weighted by molar-refractivity contribution is 6.00. The first-order valence-corrected chi connectivity index (χ1v) is 15.1. The molecule has 1 aromatic heterocycles. The normalized spacial score (nSPS) is 22.8. The predicted octanol–water partition coefficient (Wildman–Crippen LogP) is 5.05. The lowest BCUT2D eigenvalue weighted by molar-refractivity contribution is -0.141. The van der Waals surface area contributed by atoms with E-state index < -0.39 is 24.7 Å². The Morgan fingerprint density at radius 2 is 1.81 bits per heavy atom. The molecule has 0 spiro atoms. The van der Waals surface area contributed by atoms with Crippen LogP contribution in [0, 0.1) is 11.8 Å². The highest BCUT2D eigenvalue weighted by atomic mass is 19.1. The number of carbonyl (C=O) groups excluding carboxylic acids is 3. The largest absolute Gasteiger partial charge is 0.460 e. The molecular formula is C33H40FN3O6. The van der Waals surface area contributed by atoms with Crippen LogP contribution in [0.15, 0.2) is 59.0 Å². The van der Waals surface area contributed by atoms with Gasteiger partial charge in [-0.2, -0.15) is 0 Å². The number of methoxy groups -OCH3 is 1. The number of nitrogens with zero attached hydrogens (tertiary/aromatic N) is 1. The van der Waals surface area contributed by atoms with Gasteiger partial charge in [0.2, 0.25) is 17.6 Å². The molecular weight excluding hydrogens is 553 g/mol. The number of fused-ring (bicyclic) bond motifs is 1. The zero-order chi connectivity index (χ0) is 30.3.